The van der Waals surface area contributed by atoms with E-state index in [0.29, 0.717) is 5.92 Å². The van der Waals surface area contributed by atoms with E-state index in [1.807, 2.05) is 30.3 Å². The summed E-state index contributed by atoms with van der Waals surface area (Å²) in [5, 5.41) is 0. The molecule has 0 radical (unpaired) electrons. The number of likely N-dealkylation sites (tertiary alicyclic amines) is 1. The van der Waals surface area contributed by atoms with Crippen molar-refractivity contribution in [1.82, 2.24) is 18.9 Å². The summed E-state index contributed by atoms with van der Waals surface area (Å²) in [4.78, 5) is 43.4. The van der Waals surface area contributed by atoms with Crippen molar-refractivity contribution in [2.45, 2.75) is 45.4 Å². The standard InChI is InChI=1S/C26H37N5O4/c1-18-13-30(14-19(2)35-18)15-21-9-11-29(12-10-21)17-22(32)23-24(27)31(26(34)28(3)25(23)33)16-20-7-5-4-6-8-20/h4-8,18-19,21H,9-17,27H2,1-3H3. The number of ketones is 1. The Morgan fingerprint density at radius 3 is 2.29 bits per heavy atom. The largest absolute Gasteiger partial charge is 0.384 e. The predicted octanol–water partition coefficient (Wildman–Crippen LogP) is 1.18. The zero-order chi connectivity index (χ0) is 25.1. The summed E-state index contributed by atoms with van der Waals surface area (Å²) in [5.74, 6) is 0.196. The first-order valence-corrected chi connectivity index (χ1v) is 12.5. The minimum absolute atomic E-state index is 0.0580. The molecule has 2 aliphatic heterocycles. The van der Waals surface area contributed by atoms with Crippen LogP contribution in [0.5, 0.6) is 0 Å². The van der Waals surface area contributed by atoms with Gasteiger partial charge < -0.3 is 10.5 Å². The lowest BCUT2D eigenvalue weighted by atomic mass is 9.95. The molecule has 0 spiro atoms. The third-order valence-corrected chi connectivity index (χ3v) is 7.13. The molecule has 2 N–H and O–H groups in total. The fourth-order valence-electron chi connectivity index (χ4n) is 5.37. The van der Waals surface area contributed by atoms with Crippen molar-refractivity contribution in [2.75, 3.05) is 45.0 Å². The first-order chi connectivity index (χ1) is 16.7. The summed E-state index contributed by atoms with van der Waals surface area (Å²) in [7, 11) is 1.39. The summed E-state index contributed by atoms with van der Waals surface area (Å²) in [6.07, 6.45) is 2.53. The van der Waals surface area contributed by atoms with Crippen molar-refractivity contribution < 1.29 is 9.53 Å². The van der Waals surface area contributed by atoms with E-state index in [2.05, 4.69) is 23.6 Å². The van der Waals surface area contributed by atoms with Gasteiger partial charge in [0.15, 0.2) is 5.78 Å². The molecule has 1 aromatic heterocycles. The number of rotatable bonds is 7. The number of nitrogens with zero attached hydrogens (tertiary/aromatic N) is 4. The first kappa shape index (κ1) is 25.3. The quantitative estimate of drug-likeness (QED) is 0.590. The van der Waals surface area contributed by atoms with Crippen LogP contribution in [0.3, 0.4) is 0 Å². The fraction of sp³-hybridized carbons (Fsp3) is 0.577. The second-order valence-electron chi connectivity index (χ2n) is 10.1. The fourth-order valence-corrected chi connectivity index (χ4v) is 5.37. The SMILES string of the molecule is CC1CN(CC2CCN(CC(=O)c3c(N)n(Cc4ccccc4)c(=O)n(C)c3=O)CC2)CC(C)O1. The predicted molar refractivity (Wildman–Crippen MR) is 136 cm³/mol. The van der Waals surface area contributed by atoms with E-state index in [1.165, 1.54) is 11.6 Å². The van der Waals surface area contributed by atoms with Crippen molar-refractivity contribution in [1.29, 1.82) is 0 Å². The number of hydrogen-bond acceptors (Lipinski definition) is 7. The zero-order valence-corrected chi connectivity index (χ0v) is 21.0. The van der Waals surface area contributed by atoms with E-state index in [-0.39, 0.29) is 42.5 Å². The minimum Gasteiger partial charge on any atom is -0.384 e. The van der Waals surface area contributed by atoms with Crippen molar-refractivity contribution in [3.63, 3.8) is 0 Å². The number of morpholine rings is 1. The lowest BCUT2D eigenvalue weighted by Crippen LogP contribution is -2.49. The van der Waals surface area contributed by atoms with E-state index < -0.39 is 11.2 Å². The number of Topliss-reactive ketones (excluding diaryl/α,β-unsaturated/α-hetero) is 1. The van der Waals surface area contributed by atoms with Gasteiger partial charge in [-0.15, -0.1) is 0 Å². The molecule has 2 atom stereocenters. The Morgan fingerprint density at radius 1 is 1.03 bits per heavy atom. The molecule has 9 nitrogen and oxygen atoms in total. The summed E-state index contributed by atoms with van der Waals surface area (Å²) in [6, 6.07) is 9.38. The zero-order valence-electron chi connectivity index (χ0n) is 21.0. The number of nitrogen functional groups attached to an aromatic ring is 1. The van der Waals surface area contributed by atoms with Gasteiger partial charge in [0.2, 0.25) is 0 Å². The molecule has 190 valence electrons. The molecule has 2 unspecified atom stereocenters. The molecular weight excluding hydrogens is 446 g/mol. The Kier molecular flexibility index (Phi) is 7.88. The van der Waals surface area contributed by atoms with Crippen molar-refractivity contribution >= 4 is 11.6 Å². The summed E-state index contributed by atoms with van der Waals surface area (Å²) in [6.45, 7) is 9.15. The second kappa shape index (κ2) is 10.9. The molecule has 2 fully saturated rings. The molecule has 35 heavy (non-hydrogen) atoms. The highest BCUT2D eigenvalue weighted by molar-refractivity contribution is 6.01. The van der Waals surface area contributed by atoms with Crippen molar-refractivity contribution in [3.05, 3.63) is 62.3 Å². The Balaban J connectivity index is 1.41. The summed E-state index contributed by atoms with van der Waals surface area (Å²) < 4.78 is 8.12. The van der Waals surface area contributed by atoms with Crippen LogP contribution in [0.25, 0.3) is 0 Å². The minimum atomic E-state index is -0.632. The number of benzene rings is 1. The Morgan fingerprint density at radius 2 is 1.66 bits per heavy atom. The number of hydrogen-bond donors (Lipinski definition) is 1. The highest BCUT2D eigenvalue weighted by atomic mass is 16.5. The van der Waals surface area contributed by atoms with Gasteiger partial charge in [0.05, 0.1) is 25.3 Å². The van der Waals surface area contributed by atoms with Crippen LogP contribution in [0.2, 0.25) is 0 Å². The maximum atomic E-state index is 13.2. The van der Waals surface area contributed by atoms with Gasteiger partial charge in [-0.05, 0) is 51.3 Å². The molecule has 0 aliphatic carbocycles. The van der Waals surface area contributed by atoms with Crippen LogP contribution in [-0.4, -0.2) is 76.2 Å². The average Bonchev–Trinajstić information content (AvgIpc) is 2.82. The molecule has 2 aromatic rings. The monoisotopic (exact) mass is 483 g/mol. The third-order valence-electron chi connectivity index (χ3n) is 7.13. The number of carbonyl (C=O) groups is 1. The summed E-state index contributed by atoms with van der Waals surface area (Å²) in [5.41, 5.74) is 5.86. The van der Waals surface area contributed by atoms with Crippen LogP contribution in [0, 0.1) is 5.92 Å². The number of nitrogens with two attached hydrogens (primary N) is 1. The van der Waals surface area contributed by atoms with Gasteiger partial charge in [-0.2, -0.15) is 0 Å². The molecule has 9 heteroatoms. The van der Waals surface area contributed by atoms with Crippen LogP contribution in [-0.2, 0) is 18.3 Å². The summed E-state index contributed by atoms with van der Waals surface area (Å²) >= 11 is 0. The normalized spacial score (nSPS) is 22.4. The molecule has 0 amide bonds. The number of carbonyl (C=O) groups excluding carboxylic acids is 1. The molecule has 3 heterocycles. The van der Waals surface area contributed by atoms with Gasteiger partial charge in [-0.1, -0.05) is 30.3 Å². The first-order valence-electron chi connectivity index (χ1n) is 12.5. The van der Waals surface area contributed by atoms with Gasteiger partial charge >= 0.3 is 5.69 Å². The highest BCUT2D eigenvalue weighted by Crippen LogP contribution is 2.21. The van der Waals surface area contributed by atoms with Gasteiger partial charge in [0.25, 0.3) is 5.56 Å². The van der Waals surface area contributed by atoms with Crippen LogP contribution in [0.15, 0.2) is 39.9 Å². The molecule has 0 saturated carbocycles. The molecule has 2 aliphatic rings. The topological polar surface area (TPSA) is 103 Å². The van der Waals surface area contributed by atoms with Gasteiger partial charge in [0, 0.05) is 26.7 Å². The molecule has 0 bridgehead atoms. The Labute approximate surface area is 206 Å². The van der Waals surface area contributed by atoms with Crippen LogP contribution < -0.4 is 17.0 Å². The maximum absolute atomic E-state index is 13.2. The van der Waals surface area contributed by atoms with E-state index in [1.54, 1.807) is 0 Å². The number of piperidine rings is 1. The third kappa shape index (κ3) is 5.91. The van der Waals surface area contributed by atoms with Crippen LogP contribution in [0.1, 0.15) is 42.6 Å². The highest BCUT2D eigenvalue weighted by Gasteiger charge is 2.29. The van der Waals surface area contributed by atoms with E-state index in [4.69, 9.17) is 10.5 Å². The van der Waals surface area contributed by atoms with Gasteiger partial charge in [-0.25, -0.2) is 4.79 Å². The van der Waals surface area contributed by atoms with Gasteiger partial charge in [0.1, 0.15) is 11.4 Å². The molecule has 4 rings (SSSR count). The average molecular weight is 484 g/mol. The number of anilines is 1. The van der Waals surface area contributed by atoms with Crippen LogP contribution in [0.4, 0.5) is 5.82 Å². The molecular formula is C26H37N5O4. The van der Waals surface area contributed by atoms with E-state index >= 15 is 0 Å². The maximum Gasteiger partial charge on any atom is 0.332 e. The second-order valence-corrected chi connectivity index (χ2v) is 10.1. The van der Waals surface area contributed by atoms with Gasteiger partial charge in [-0.3, -0.25) is 28.5 Å². The van der Waals surface area contributed by atoms with E-state index in [0.717, 1.165) is 55.7 Å². The lowest BCUT2D eigenvalue weighted by molar-refractivity contribution is -0.0731. The van der Waals surface area contributed by atoms with Crippen molar-refractivity contribution in [3.8, 4) is 0 Å². The lowest BCUT2D eigenvalue weighted by Gasteiger charge is -2.39. The Hall–Kier alpha value is -2.75. The Bertz CT molecular complexity index is 1140. The molecule has 1 aromatic carbocycles. The van der Waals surface area contributed by atoms with E-state index in [9.17, 15) is 14.4 Å². The number of aromatic nitrogens is 2. The smallest absolute Gasteiger partial charge is 0.332 e. The van der Waals surface area contributed by atoms with Crippen molar-refractivity contribution in [2.24, 2.45) is 13.0 Å². The molecule has 2 saturated heterocycles. The van der Waals surface area contributed by atoms with Crippen LogP contribution >= 0.6 is 0 Å². The number of ether oxygens (including phenoxy) is 1.